The number of nitrogens with one attached hydrogen (secondary N) is 2. The second-order valence-electron chi connectivity index (χ2n) is 4.39. The molecule has 98 valence electrons. The summed E-state index contributed by atoms with van der Waals surface area (Å²) in [6.45, 7) is 4.30. The van der Waals surface area contributed by atoms with Crippen molar-refractivity contribution in [2.24, 2.45) is 0 Å². The molecule has 0 heterocycles. The average Bonchev–Trinajstić information content (AvgIpc) is 2.29. The lowest BCUT2D eigenvalue weighted by atomic mass is 10.1. The molecular formula is C13H19N3O2. The molecule has 0 unspecified atom stereocenters. The van der Waals surface area contributed by atoms with Crippen LogP contribution in [-0.4, -0.2) is 30.3 Å². The molecule has 1 aromatic rings. The summed E-state index contributed by atoms with van der Waals surface area (Å²) < 4.78 is 0. The normalized spacial score (nSPS) is 10.2. The van der Waals surface area contributed by atoms with Gasteiger partial charge in [0.1, 0.15) is 0 Å². The first kappa shape index (κ1) is 14.2. The van der Waals surface area contributed by atoms with Gasteiger partial charge in [-0.05, 0) is 19.5 Å². The van der Waals surface area contributed by atoms with E-state index >= 15 is 0 Å². The van der Waals surface area contributed by atoms with Gasteiger partial charge in [-0.3, -0.25) is 25.3 Å². The maximum atomic E-state index is 11.4. The van der Waals surface area contributed by atoms with Crippen LogP contribution in [0.4, 0.5) is 0 Å². The third kappa shape index (κ3) is 5.45. The van der Waals surface area contributed by atoms with Crippen LogP contribution < -0.4 is 10.9 Å². The number of aryl methyl sites for hydroxylation is 1. The predicted octanol–water partition coefficient (Wildman–Crippen LogP) is 0.594. The average molecular weight is 249 g/mol. The van der Waals surface area contributed by atoms with Crippen molar-refractivity contribution in [3.05, 3.63) is 35.4 Å². The zero-order chi connectivity index (χ0) is 13.5. The first-order valence-electron chi connectivity index (χ1n) is 5.77. The Morgan fingerprint density at radius 3 is 2.33 bits per heavy atom. The molecule has 0 fully saturated rings. The van der Waals surface area contributed by atoms with Gasteiger partial charge in [-0.1, -0.05) is 29.8 Å². The van der Waals surface area contributed by atoms with E-state index in [9.17, 15) is 9.59 Å². The van der Waals surface area contributed by atoms with Gasteiger partial charge in [-0.15, -0.1) is 0 Å². The van der Waals surface area contributed by atoms with Crippen molar-refractivity contribution in [2.45, 2.75) is 20.4 Å². The molecule has 0 bridgehead atoms. The molecule has 0 aliphatic carbocycles. The van der Waals surface area contributed by atoms with Crippen molar-refractivity contribution in [1.29, 1.82) is 0 Å². The van der Waals surface area contributed by atoms with Gasteiger partial charge in [0, 0.05) is 13.5 Å². The topological polar surface area (TPSA) is 61.4 Å². The molecular weight excluding hydrogens is 230 g/mol. The Morgan fingerprint density at radius 2 is 1.78 bits per heavy atom. The minimum Gasteiger partial charge on any atom is -0.293 e. The van der Waals surface area contributed by atoms with Crippen molar-refractivity contribution >= 4 is 11.8 Å². The van der Waals surface area contributed by atoms with Gasteiger partial charge < -0.3 is 0 Å². The van der Waals surface area contributed by atoms with Crippen LogP contribution in [0.2, 0.25) is 0 Å². The molecule has 2 N–H and O–H groups in total. The van der Waals surface area contributed by atoms with E-state index in [-0.39, 0.29) is 18.4 Å². The third-order valence-corrected chi connectivity index (χ3v) is 2.36. The molecule has 0 saturated heterocycles. The minimum absolute atomic E-state index is 0.230. The van der Waals surface area contributed by atoms with Crippen LogP contribution >= 0.6 is 0 Å². The van der Waals surface area contributed by atoms with E-state index in [2.05, 4.69) is 10.9 Å². The number of nitrogens with zero attached hydrogens (tertiary/aromatic N) is 1. The summed E-state index contributed by atoms with van der Waals surface area (Å²) in [5.74, 6) is -0.524. The van der Waals surface area contributed by atoms with Crippen molar-refractivity contribution in [3.63, 3.8) is 0 Å². The monoisotopic (exact) mass is 249 g/mol. The van der Waals surface area contributed by atoms with Crippen LogP contribution in [0, 0.1) is 6.92 Å². The lowest BCUT2D eigenvalue weighted by molar-refractivity contribution is -0.128. The van der Waals surface area contributed by atoms with Crippen LogP contribution in [0.15, 0.2) is 24.3 Å². The number of carbonyl (C=O) groups excluding carboxylic acids is 2. The number of rotatable bonds is 4. The van der Waals surface area contributed by atoms with Gasteiger partial charge >= 0.3 is 0 Å². The molecule has 0 spiro atoms. The van der Waals surface area contributed by atoms with Gasteiger partial charge in [-0.2, -0.15) is 0 Å². The minimum atomic E-state index is -0.287. The lowest BCUT2D eigenvalue weighted by Gasteiger charge is -2.16. The van der Waals surface area contributed by atoms with Crippen LogP contribution in [-0.2, 0) is 16.1 Å². The number of hydrazine groups is 1. The first-order valence-corrected chi connectivity index (χ1v) is 5.77. The van der Waals surface area contributed by atoms with Gasteiger partial charge in [-0.25, -0.2) is 0 Å². The maximum Gasteiger partial charge on any atom is 0.252 e. The summed E-state index contributed by atoms with van der Waals surface area (Å²) in [6.07, 6.45) is 0. The standard InChI is InChI=1S/C13H19N3O2/c1-10-4-6-12(7-5-10)8-16(3)9-13(18)15-14-11(2)17/h4-7H,8-9H2,1-3H3,(H,14,17)(H,15,18). The highest BCUT2D eigenvalue weighted by atomic mass is 16.2. The maximum absolute atomic E-state index is 11.4. The fourth-order valence-electron chi connectivity index (χ4n) is 1.50. The SMILES string of the molecule is CC(=O)NNC(=O)CN(C)Cc1ccc(C)cc1. The van der Waals surface area contributed by atoms with Gasteiger partial charge in [0.25, 0.3) is 5.91 Å². The van der Waals surface area contributed by atoms with Gasteiger partial charge in [0.15, 0.2) is 0 Å². The third-order valence-electron chi connectivity index (χ3n) is 2.36. The largest absolute Gasteiger partial charge is 0.293 e. The summed E-state index contributed by atoms with van der Waals surface area (Å²) in [4.78, 5) is 23.9. The predicted molar refractivity (Wildman–Crippen MR) is 69.5 cm³/mol. The molecule has 2 amide bonds. The summed E-state index contributed by atoms with van der Waals surface area (Å²) in [5.41, 5.74) is 6.95. The van der Waals surface area contributed by atoms with E-state index in [4.69, 9.17) is 0 Å². The van der Waals surface area contributed by atoms with Crippen LogP contribution in [0.1, 0.15) is 18.1 Å². The highest BCUT2D eigenvalue weighted by molar-refractivity contribution is 5.81. The molecule has 18 heavy (non-hydrogen) atoms. The fraction of sp³-hybridized carbons (Fsp3) is 0.385. The summed E-state index contributed by atoms with van der Waals surface area (Å²) in [5, 5.41) is 0. The summed E-state index contributed by atoms with van der Waals surface area (Å²) >= 11 is 0. The van der Waals surface area contributed by atoms with E-state index in [0.717, 1.165) is 5.56 Å². The second-order valence-corrected chi connectivity index (χ2v) is 4.39. The molecule has 0 saturated carbocycles. The van der Waals surface area contributed by atoms with Gasteiger partial charge in [0.05, 0.1) is 6.54 Å². The molecule has 0 aliphatic heterocycles. The van der Waals surface area contributed by atoms with Crippen molar-refractivity contribution in [3.8, 4) is 0 Å². The molecule has 0 aliphatic rings. The number of carbonyl (C=O) groups is 2. The Labute approximate surface area is 107 Å². The van der Waals surface area contributed by atoms with E-state index in [0.29, 0.717) is 6.54 Å². The van der Waals surface area contributed by atoms with E-state index < -0.39 is 0 Å². The van der Waals surface area contributed by atoms with Crippen molar-refractivity contribution in [1.82, 2.24) is 15.8 Å². The molecule has 1 aromatic carbocycles. The van der Waals surface area contributed by atoms with Crippen molar-refractivity contribution < 1.29 is 9.59 Å². The zero-order valence-electron chi connectivity index (χ0n) is 11.0. The molecule has 0 aromatic heterocycles. The molecule has 1 rings (SSSR count). The number of hydrogen-bond donors (Lipinski definition) is 2. The van der Waals surface area contributed by atoms with Crippen LogP contribution in [0.3, 0.4) is 0 Å². The number of hydrogen-bond acceptors (Lipinski definition) is 3. The molecule has 0 radical (unpaired) electrons. The zero-order valence-corrected chi connectivity index (χ0v) is 11.0. The Balaban J connectivity index is 2.36. The summed E-state index contributed by atoms with van der Waals surface area (Å²) in [6, 6.07) is 8.16. The number of amides is 2. The molecule has 5 heteroatoms. The van der Waals surface area contributed by atoms with Crippen LogP contribution in [0.5, 0.6) is 0 Å². The van der Waals surface area contributed by atoms with E-state index in [1.54, 1.807) is 0 Å². The highest BCUT2D eigenvalue weighted by Gasteiger charge is 2.07. The molecule has 5 nitrogen and oxygen atoms in total. The lowest BCUT2D eigenvalue weighted by Crippen LogP contribution is -2.44. The number of likely N-dealkylation sites (N-methyl/N-ethyl adjacent to an activating group) is 1. The highest BCUT2D eigenvalue weighted by Crippen LogP contribution is 2.05. The smallest absolute Gasteiger partial charge is 0.252 e. The van der Waals surface area contributed by atoms with Gasteiger partial charge in [0.2, 0.25) is 5.91 Å². The Morgan fingerprint density at radius 1 is 1.17 bits per heavy atom. The quantitative estimate of drug-likeness (QED) is 0.768. The van der Waals surface area contributed by atoms with E-state index in [1.165, 1.54) is 12.5 Å². The van der Waals surface area contributed by atoms with E-state index in [1.807, 2.05) is 43.1 Å². The van der Waals surface area contributed by atoms with Crippen molar-refractivity contribution in [2.75, 3.05) is 13.6 Å². The first-order chi connectivity index (χ1) is 8.47. The summed E-state index contributed by atoms with van der Waals surface area (Å²) in [7, 11) is 1.85. The second kappa shape index (κ2) is 6.76. The Hall–Kier alpha value is -1.88. The number of benzene rings is 1. The molecule has 0 atom stereocenters. The Bertz CT molecular complexity index is 415. The van der Waals surface area contributed by atoms with Crippen LogP contribution in [0.25, 0.3) is 0 Å². The fourth-order valence-corrected chi connectivity index (χ4v) is 1.50. The Kier molecular flexibility index (Phi) is 5.32.